The Bertz CT molecular complexity index is 1030. The number of carbonyl (C=O) groups is 1. The summed E-state index contributed by atoms with van der Waals surface area (Å²) in [7, 11) is 0. The Hall–Kier alpha value is -3.39. The van der Waals surface area contributed by atoms with Gasteiger partial charge in [-0.3, -0.25) is 9.48 Å². The van der Waals surface area contributed by atoms with Crippen LogP contribution in [0, 0.1) is 12.5 Å². The number of carbonyl (C=O) groups excluding carboxylic acids is 1. The summed E-state index contributed by atoms with van der Waals surface area (Å²) in [6.45, 7) is 9.71. The molecule has 0 spiro atoms. The zero-order valence-electron chi connectivity index (χ0n) is 16.5. The highest BCUT2D eigenvalue weighted by molar-refractivity contribution is 5.79. The van der Waals surface area contributed by atoms with Gasteiger partial charge in [0.05, 0.1) is 18.3 Å². The van der Waals surface area contributed by atoms with Crippen LogP contribution in [-0.2, 0) is 4.79 Å². The monoisotopic (exact) mass is 384 g/mol. The van der Waals surface area contributed by atoms with Crippen molar-refractivity contribution in [3.05, 3.63) is 72.2 Å². The summed E-state index contributed by atoms with van der Waals surface area (Å²) < 4.78 is 2.08. The van der Waals surface area contributed by atoms with Crippen molar-refractivity contribution in [2.75, 3.05) is 6.54 Å². The van der Waals surface area contributed by atoms with Crippen molar-refractivity contribution in [3.8, 4) is 22.4 Å². The molecule has 1 N–H and O–H groups in total. The molecular weight excluding hydrogens is 360 g/mol. The van der Waals surface area contributed by atoms with Crippen molar-refractivity contribution in [2.45, 2.75) is 32.2 Å². The molecule has 146 valence electrons. The standard InChI is InChI=1S/C24H24N4O/c1-3-26-24(29)20-10-13-22(16-20)28-23(14-15-27-28)19-6-4-17(5-7-19)18-8-11-21(25-2)12-9-18/h4-9,11-12,14-15,20,22H,3,10,13,16H2,1H3,(H,26,29)/t20-,22+/m0/s1. The van der Waals surface area contributed by atoms with E-state index in [4.69, 9.17) is 6.57 Å². The Morgan fingerprint density at radius 2 is 1.72 bits per heavy atom. The van der Waals surface area contributed by atoms with Gasteiger partial charge in [-0.15, -0.1) is 0 Å². The van der Waals surface area contributed by atoms with Gasteiger partial charge in [-0.05, 0) is 48.9 Å². The van der Waals surface area contributed by atoms with Crippen LogP contribution in [0.2, 0.25) is 0 Å². The molecule has 2 atom stereocenters. The topological polar surface area (TPSA) is 51.3 Å². The predicted molar refractivity (Wildman–Crippen MR) is 114 cm³/mol. The quantitative estimate of drug-likeness (QED) is 0.611. The van der Waals surface area contributed by atoms with Gasteiger partial charge >= 0.3 is 0 Å². The van der Waals surface area contributed by atoms with E-state index < -0.39 is 0 Å². The van der Waals surface area contributed by atoms with Gasteiger partial charge in [-0.1, -0.05) is 48.5 Å². The fourth-order valence-electron chi connectivity index (χ4n) is 4.13. The summed E-state index contributed by atoms with van der Waals surface area (Å²) >= 11 is 0. The summed E-state index contributed by atoms with van der Waals surface area (Å²) in [5.74, 6) is 0.245. The second-order valence-corrected chi connectivity index (χ2v) is 7.46. The van der Waals surface area contributed by atoms with Crippen LogP contribution in [0.4, 0.5) is 5.69 Å². The summed E-state index contributed by atoms with van der Waals surface area (Å²) in [6.07, 6.45) is 4.56. The molecule has 3 aromatic rings. The number of hydrogen-bond acceptors (Lipinski definition) is 2. The van der Waals surface area contributed by atoms with E-state index in [9.17, 15) is 4.79 Å². The molecule has 0 unspecified atom stereocenters. The van der Waals surface area contributed by atoms with E-state index in [2.05, 4.69) is 44.2 Å². The largest absolute Gasteiger partial charge is 0.356 e. The van der Waals surface area contributed by atoms with Crippen LogP contribution in [0.3, 0.4) is 0 Å². The van der Waals surface area contributed by atoms with Gasteiger partial charge in [0.25, 0.3) is 0 Å². The summed E-state index contributed by atoms with van der Waals surface area (Å²) in [4.78, 5) is 15.6. The summed E-state index contributed by atoms with van der Waals surface area (Å²) in [5.41, 5.74) is 5.07. The van der Waals surface area contributed by atoms with Gasteiger partial charge in [-0.2, -0.15) is 5.10 Å². The zero-order chi connectivity index (χ0) is 20.2. The number of rotatable bonds is 5. The van der Waals surface area contributed by atoms with Crippen molar-refractivity contribution in [2.24, 2.45) is 5.92 Å². The lowest BCUT2D eigenvalue weighted by atomic mass is 10.0. The molecule has 0 bridgehead atoms. The molecule has 1 aliphatic rings. The number of amides is 1. The molecule has 1 heterocycles. The molecule has 1 aliphatic carbocycles. The lowest BCUT2D eigenvalue weighted by Gasteiger charge is -2.16. The van der Waals surface area contributed by atoms with E-state index in [1.807, 2.05) is 43.5 Å². The second kappa shape index (κ2) is 8.32. The van der Waals surface area contributed by atoms with Crippen LogP contribution in [0.25, 0.3) is 27.2 Å². The minimum absolute atomic E-state index is 0.0813. The van der Waals surface area contributed by atoms with E-state index in [1.165, 1.54) is 0 Å². The van der Waals surface area contributed by atoms with Crippen molar-refractivity contribution in [1.29, 1.82) is 0 Å². The molecule has 5 heteroatoms. The Morgan fingerprint density at radius 1 is 1.07 bits per heavy atom. The van der Waals surface area contributed by atoms with E-state index in [-0.39, 0.29) is 17.9 Å². The summed E-state index contributed by atoms with van der Waals surface area (Å²) in [5, 5.41) is 7.51. The van der Waals surface area contributed by atoms with E-state index in [0.29, 0.717) is 12.2 Å². The highest BCUT2D eigenvalue weighted by atomic mass is 16.1. The smallest absolute Gasteiger partial charge is 0.223 e. The molecule has 4 rings (SSSR count). The highest BCUT2D eigenvalue weighted by Gasteiger charge is 2.32. The Labute approximate surface area is 171 Å². The van der Waals surface area contributed by atoms with E-state index in [0.717, 1.165) is 41.6 Å². The van der Waals surface area contributed by atoms with Crippen molar-refractivity contribution < 1.29 is 4.79 Å². The van der Waals surface area contributed by atoms with Crippen LogP contribution < -0.4 is 5.32 Å². The van der Waals surface area contributed by atoms with Crippen LogP contribution in [0.15, 0.2) is 60.8 Å². The molecule has 0 aliphatic heterocycles. The first-order valence-corrected chi connectivity index (χ1v) is 10.1. The number of benzene rings is 2. The van der Waals surface area contributed by atoms with Crippen LogP contribution in [0.5, 0.6) is 0 Å². The first kappa shape index (κ1) is 18.9. The maximum absolute atomic E-state index is 12.2. The Morgan fingerprint density at radius 3 is 2.38 bits per heavy atom. The van der Waals surface area contributed by atoms with Crippen molar-refractivity contribution >= 4 is 11.6 Å². The van der Waals surface area contributed by atoms with Crippen LogP contribution in [-0.4, -0.2) is 22.2 Å². The molecule has 1 aromatic heterocycles. The fourth-order valence-corrected chi connectivity index (χ4v) is 4.13. The lowest BCUT2D eigenvalue weighted by Crippen LogP contribution is -2.29. The third-order valence-corrected chi connectivity index (χ3v) is 5.65. The number of hydrogen-bond donors (Lipinski definition) is 1. The highest BCUT2D eigenvalue weighted by Crippen LogP contribution is 2.37. The SMILES string of the molecule is [C-]#[N+]c1ccc(-c2ccc(-c3ccnn3[C@@H]3CC[C@H](C(=O)NCC)C3)cc2)cc1. The molecule has 29 heavy (non-hydrogen) atoms. The zero-order valence-corrected chi connectivity index (χ0v) is 16.5. The predicted octanol–water partition coefficient (Wildman–Crippen LogP) is 5.25. The normalized spacial score (nSPS) is 18.3. The third kappa shape index (κ3) is 3.93. The van der Waals surface area contributed by atoms with Gasteiger partial charge in [0.1, 0.15) is 0 Å². The maximum atomic E-state index is 12.2. The van der Waals surface area contributed by atoms with Gasteiger partial charge in [-0.25, -0.2) is 4.85 Å². The molecule has 2 aromatic carbocycles. The molecular formula is C24H24N4O. The molecule has 1 saturated carbocycles. The van der Waals surface area contributed by atoms with Crippen LogP contribution in [0.1, 0.15) is 32.2 Å². The summed E-state index contributed by atoms with van der Waals surface area (Å²) in [6, 6.07) is 18.4. The fraction of sp³-hybridized carbons (Fsp3) is 0.292. The molecule has 0 saturated heterocycles. The molecule has 1 fully saturated rings. The van der Waals surface area contributed by atoms with Gasteiger partial charge in [0.15, 0.2) is 5.69 Å². The van der Waals surface area contributed by atoms with Crippen molar-refractivity contribution in [3.63, 3.8) is 0 Å². The van der Waals surface area contributed by atoms with E-state index >= 15 is 0 Å². The molecule has 1 amide bonds. The number of nitrogens with zero attached hydrogens (tertiary/aromatic N) is 3. The molecule has 5 nitrogen and oxygen atoms in total. The number of nitrogens with one attached hydrogen (secondary N) is 1. The maximum Gasteiger partial charge on any atom is 0.223 e. The van der Waals surface area contributed by atoms with Crippen LogP contribution >= 0.6 is 0 Å². The number of aromatic nitrogens is 2. The first-order chi connectivity index (χ1) is 14.2. The molecule has 0 radical (unpaired) electrons. The second-order valence-electron chi connectivity index (χ2n) is 7.46. The third-order valence-electron chi connectivity index (χ3n) is 5.65. The van der Waals surface area contributed by atoms with E-state index in [1.54, 1.807) is 0 Å². The lowest BCUT2D eigenvalue weighted by molar-refractivity contribution is -0.124. The average molecular weight is 384 g/mol. The minimum atomic E-state index is 0.0813. The Balaban J connectivity index is 1.52. The van der Waals surface area contributed by atoms with Crippen molar-refractivity contribution in [1.82, 2.24) is 15.1 Å². The minimum Gasteiger partial charge on any atom is -0.356 e. The first-order valence-electron chi connectivity index (χ1n) is 10.1. The Kier molecular flexibility index (Phi) is 5.44. The van der Waals surface area contributed by atoms with Gasteiger partial charge in [0, 0.05) is 18.7 Å². The van der Waals surface area contributed by atoms with Gasteiger partial charge < -0.3 is 5.32 Å². The average Bonchev–Trinajstić information content (AvgIpc) is 3.44. The van der Waals surface area contributed by atoms with Gasteiger partial charge in [0.2, 0.25) is 5.91 Å².